The van der Waals surface area contributed by atoms with Crippen LogP contribution in [0.4, 0.5) is 0 Å². The summed E-state index contributed by atoms with van der Waals surface area (Å²) in [6.07, 6.45) is 2.19. The molecule has 0 saturated heterocycles. The van der Waals surface area contributed by atoms with Gasteiger partial charge in [-0.3, -0.25) is 0 Å². The maximum Gasteiger partial charge on any atom is 0.339 e. The Balaban J connectivity index is 2.33. The molecule has 2 N–H and O–H groups in total. The third kappa shape index (κ3) is 1.81. The molecule has 0 amide bonds. The monoisotopic (exact) mass is 239 g/mol. The van der Waals surface area contributed by atoms with Gasteiger partial charge in [0.25, 0.3) is 0 Å². The second-order valence-corrected chi connectivity index (χ2v) is 4.58. The van der Waals surface area contributed by atoms with Gasteiger partial charge in [0, 0.05) is 12.0 Å². The zero-order valence-corrected chi connectivity index (χ0v) is 9.88. The molecule has 1 aromatic carbocycles. The molecule has 4 heteroatoms. The van der Waals surface area contributed by atoms with Crippen LogP contribution in [0.5, 0.6) is 0 Å². The summed E-state index contributed by atoms with van der Waals surface area (Å²) >= 11 is 6.05. The second-order valence-electron chi connectivity index (χ2n) is 4.17. The smallest absolute Gasteiger partial charge is 0.339 e. The fraction of sp³-hybridized carbons (Fsp3) is 0.417. The molecule has 0 unspecified atom stereocenters. The van der Waals surface area contributed by atoms with E-state index in [2.05, 4.69) is 4.74 Å². The Morgan fingerprint density at radius 1 is 1.56 bits per heavy atom. The van der Waals surface area contributed by atoms with Crippen molar-refractivity contribution in [2.24, 2.45) is 5.73 Å². The van der Waals surface area contributed by atoms with E-state index in [-0.39, 0.29) is 5.41 Å². The third-order valence-electron chi connectivity index (χ3n) is 3.23. The predicted octanol–water partition coefficient (Wildman–Crippen LogP) is 2.12. The van der Waals surface area contributed by atoms with Gasteiger partial charge in [-0.1, -0.05) is 17.7 Å². The van der Waals surface area contributed by atoms with Gasteiger partial charge in [-0.05, 0) is 30.5 Å². The lowest BCUT2D eigenvalue weighted by Crippen LogP contribution is -2.19. The molecule has 0 atom stereocenters. The fourth-order valence-corrected chi connectivity index (χ4v) is 2.14. The lowest BCUT2D eigenvalue weighted by Gasteiger charge is -2.14. The first kappa shape index (κ1) is 11.4. The van der Waals surface area contributed by atoms with Crippen molar-refractivity contribution in [1.29, 1.82) is 0 Å². The van der Waals surface area contributed by atoms with Crippen LogP contribution in [0.2, 0.25) is 5.02 Å². The van der Waals surface area contributed by atoms with Gasteiger partial charge in [-0.15, -0.1) is 0 Å². The Labute approximate surface area is 99.5 Å². The van der Waals surface area contributed by atoms with Crippen LogP contribution in [0.15, 0.2) is 18.2 Å². The van der Waals surface area contributed by atoms with Crippen LogP contribution in [-0.2, 0) is 10.2 Å². The Morgan fingerprint density at radius 3 is 2.69 bits per heavy atom. The Morgan fingerprint density at radius 2 is 2.25 bits per heavy atom. The zero-order valence-electron chi connectivity index (χ0n) is 9.13. The zero-order chi connectivity index (χ0) is 11.8. The van der Waals surface area contributed by atoms with Gasteiger partial charge in [-0.2, -0.15) is 0 Å². The molecule has 2 rings (SSSR count). The van der Waals surface area contributed by atoms with E-state index in [0.717, 1.165) is 18.4 Å². The molecule has 0 aliphatic heterocycles. The number of nitrogens with two attached hydrogens (primary N) is 1. The van der Waals surface area contributed by atoms with Crippen LogP contribution in [0.3, 0.4) is 0 Å². The van der Waals surface area contributed by atoms with E-state index in [1.165, 1.54) is 7.11 Å². The number of halogens is 1. The summed E-state index contributed by atoms with van der Waals surface area (Å²) in [5.74, 6) is -0.408. The van der Waals surface area contributed by atoms with Gasteiger partial charge < -0.3 is 10.5 Å². The van der Waals surface area contributed by atoms with E-state index in [9.17, 15) is 4.79 Å². The molecule has 1 fully saturated rings. The summed E-state index contributed by atoms with van der Waals surface area (Å²) in [5, 5.41) is 0.434. The maximum atomic E-state index is 11.3. The number of rotatable bonds is 3. The van der Waals surface area contributed by atoms with Crippen LogP contribution in [0, 0.1) is 0 Å². The van der Waals surface area contributed by atoms with E-state index in [0.29, 0.717) is 17.1 Å². The first-order valence-corrected chi connectivity index (χ1v) is 5.59. The van der Waals surface area contributed by atoms with Crippen molar-refractivity contribution in [2.45, 2.75) is 18.3 Å². The molecule has 16 heavy (non-hydrogen) atoms. The molecule has 0 bridgehead atoms. The number of carbonyl (C=O) groups excluding carboxylic acids is 1. The summed E-state index contributed by atoms with van der Waals surface area (Å²) < 4.78 is 4.64. The summed E-state index contributed by atoms with van der Waals surface area (Å²) in [6, 6.07) is 5.45. The summed E-state index contributed by atoms with van der Waals surface area (Å²) in [5.41, 5.74) is 7.36. The molecule has 0 spiro atoms. The normalized spacial score (nSPS) is 16.9. The first-order chi connectivity index (χ1) is 7.63. The van der Waals surface area contributed by atoms with Crippen molar-refractivity contribution in [3.8, 4) is 0 Å². The maximum absolute atomic E-state index is 11.3. The first-order valence-electron chi connectivity index (χ1n) is 5.21. The Kier molecular flexibility index (Phi) is 2.91. The highest BCUT2D eigenvalue weighted by Gasteiger charge is 2.43. The van der Waals surface area contributed by atoms with E-state index in [1.54, 1.807) is 6.07 Å². The number of ether oxygens (including phenoxy) is 1. The van der Waals surface area contributed by atoms with Gasteiger partial charge in [0.05, 0.1) is 17.7 Å². The van der Waals surface area contributed by atoms with Gasteiger partial charge in [-0.25, -0.2) is 4.79 Å². The molecule has 1 aliphatic carbocycles. The summed E-state index contributed by atoms with van der Waals surface area (Å²) in [6.45, 7) is 0.626. The third-order valence-corrected chi connectivity index (χ3v) is 3.54. The minimum atomic E-state index is -0.408. The van der Waals surface area contributed by atoms with Crippen molar-refractivity contribution in [2.75, 3.05) is 13.7 Å². The average Bonchev–Trinajstić information content (AvgIpc) is 3.09. The van der Waals surface area contributed by atoms with Crippen molar-refractivity contribution in [3.63, 3.8) is 0 Å². The largest absolute Gasteiger partial charge is 0.465 e. The molecule has 1 aliphatic rings. The Hall–Kier alpha value is -1.06. The van der Waals surface area contributed by atoms with E-state index in [1.807, 2.05) is 12.1 Å². The molecule has 0 aromatic heterocycles. The minimum Gasteiger partial charge on any atom is -0.465 e. The number of benzene rings is 1. The highest BCUT2D eigenvalue weighted by Crippen LogP contribution is 2.47. The standard InChI is InChI=1S/C12H14ClNO2/c1-16-11(15)9-3-2-8(6-10(9)13)12(7-14)4-5-12/h2-3,6H,4-5,7,14H2,1H3. The number of hydrogen-bond acceptors (Lipinski definition) is 3. The quantitative estimate of drug-likeness (QED) is 0.822. The highest BCUT2D eigenvalue weighted by atomic mass is 35.5. The number of esters is 1. The van der Waals surface area contributed by atoms with Crippen molar-refractivity contribution in [3.05, 3.63) is 34.3 Å². The van der Waals surface area contributed by atoms with Crippen molar-refractivity contribution >= 4 is 17.6 Å². The molecule has 1 saturated carbocycles. The molecular weight excluding hydrogens is 226 g/mol. The Bertz CT molecular complexity index is 427. The highest BCUT2D eigenvalue weighted by molar-refractivity contribution is 6.33. The van der Waals surface area contributed by atoms with E-state index >= 15 is 0 Å². The van der Waals surface area contributed by atoms with E-state index < -0.39 is 5.97 Å². The fourth-order valence-electron chi connectivity index (χ4n) is 1.88. The molecule has 1 aromatic rings. The second kappa shape index (κ2) is 4.07. The van der Waals surface area contributed by atoms with Crippen LogP contribution in [-0.4, -0.2) is 19.6 Å². The lowest BCUT2D eigenvalue weighted by atomic mass is 9.95. The van der Waals surface area contributed by atoms with Gasteiger partial charge >= 0.3 is 5.97 Å². The summed E-state index contributed by atoms with van der Waals surface area (Å²) in [7, 11) is 1.34. The lowest BCUT2D eigenvalue weighted by molar-refractivity contribution is 0.0601. The predicted molar refractivity (Wildman–Crippen MR) is 62.8 cm³/mol. The van der Waals surface area contributed by atoms with Crippen molar-refractivity contribution in [1.82, 2.24) is 0 Å². The number of hydrogen-bond donors (Lipinski definition) is 1. The van der Waals surface area contributed by atoms with E-state index in [4.69, 9.17) is 17.3 Å². The minimum absolute atomic E-state index is 0.0955. The van der Waals surface area contributed by atoms with Gasteiger partial charge in [0.2, 0.25) is 0 Å². The van der Waals surface area contributed by atoms with Crippen LogP contribution < -0.4 is 5.73 Å². The number of methoxy groups -OCH3 is 1. The molecule has 3 nitrogen and oxygen atoms in total. The van der Waals surface area contributed by atoms with Crippen LogP contribution >= 0.6 is 11.6 Å². The molecule has 0 heterocycles. The molecule has 0 radical (unpaired) electrons. The SMILES string of the molecule is COC(=O)c1ccc(C2(CN)CC2)cc1Cl. The van der Waals surface area contributed by atoms with Crippen molar-refractivity contribution < 1.29 is 9.53 Å². The molecular formula is C12H14ClNO2. The van der Waals surface area contributed by atoms with Crippen LogP contribution in [0.1, 0.15) is 28.8 Å². The average molecular weight is 240 g/mol. The van der Waals surface area contributed by atoms with Crippen LogP contribution in [0.25, 0.3) is 0 Å². The topological polar surface area (TPSA) is 52.3 Å². The van der Waals surface area contributed by atoms with Gasteiger partial charge in [0.15, 0.2) is 0 Å². The summed E-state index contributed by atoms with van der Waals surface area (Å²) in [4.78, 5) is 11.3. The molecule has 86 valence electrons. The number of carbonyl (C=O) groups is 1. The van der Waals surface area contributed by atoms with Gasteiger partial charge in [0.1, 0.15) is 0 Å².